The quantitative estimate of drug-likeness (QED) is 0.614. The molecule has 1 N–H and O–H groups in total. The van der Waals surface area contributed by atoms with E-state index in [1.54, 1.807) is 7.11 Å². The Morgan fingerprint density at radius 1 is 1.31 bits per heavy atom. The first-order valence-electron chi connectivity index (χ1n) is 6.11. The Hall–Kier alpha value is -0.610. The lowest BCUT2D eigenvalue weighted by atomic mass is 10.1. The molecule has 0 aliphatic rings. The van der Waals surface area contributed by atoms with E-state index < -0.39 is 0 Å². The number of rotatable bonds is 9. The average molecular weight is 231 g/mol. The van der Waals surface area contributed by atoms with Crippen LogP contribution in [0.2, 0.25) is 0 Å². The van der Waals surface area contributed by atoms with Crippen LogP contribution in [0.5, 0.6) is 0 Å². The van der Waals surface area contributed by atoms with E-state index in [0.717, 1.165) is 19.3 Å². The summed E-state index contributed by atoms with van der Waals surface area (Å²) < 4.78 is 10.1. The van der Waals surface area contributed by atoms with Crippen molar-refractivity contribution in [2.24, 2.45) is 0 Å². The van der Waals surface area contributed by atoms with E-state index in [4.69, 9.17) is 9.47 Å². The van der Waals surface area contributed by atoms with E-state index in [1.165, 1.54) is 0 Å². The highest BCUT2D eigenvalue weighted by Crippen LogP contribution is 2.03. The van der Waals surface area contributed by atoms with E-state index >= 15 is 0 Å². The Bertz CT molecular complexity index is 185. The SMILES string of the molecule is CCCC(NC(CC)COC)C(=O)OCC. The summed E-state index contributed by atoms with van der Waals surface area (Å²) in [5, 5.41) is 3.29. The van der Waals surface area contributed by atoms with Crippen molar-refractivity contribution < 1.29 is 14.3 Å². The Morgan fingerprint density at radius 2 is 2.00 bits per heavy atom. The molecular weight excluding hydrogens is 206 g/mol. The summed E-state index contributed by atoms with van der Waals surface area (Å²) in [5.41, 5.74) is 0. The number of hydrogen-bond donors (Lipinski definition) is 1. The van der Waals surface area contributed by atoms with Crippen molar-refractivity contribution in [3.8, 4) is 0 Å². The van der Waals surface area contributed by atoms with Crippen molar-refractivity contribution in [3.05, 3.63) is 0 Å². The molecule has 0 radical (unpaired) electrons. The lowest BCUT2D eigenvalue weighted by molar-refractivity contribution is -0.146. The molecule has 0 rings (SSSR count). The third kappa shape index (κ3) is 6.08. The third-order valence-electron chi connectivity index (χ3n) is 2.45. The largest absolute Gasteiger partial charge is 0.465 e. The summed E-state index contributed by atoms with van der Waals surface area (Å²) in [4.78, 5) is 11.7. The number of methoxy groups -OCH3 is 1. The topological polar surface area (TPSA) is 47.6 Å². The summed E-state index contributed by atoms with van der Waals surface area (Å²) in [6.07, 6.45) is 2.70. The van der Waals surface area contributed by atoms with Gasteiger partial charge in [0.1, 0.15) is 6.04 Å². The van der Waals surface area contributed by atoms with Crippen molar-refractivity contribution >= 4 is 5.97 Å². The molecule has 0 aromatic heterocycles. The average Bonchev–Trinajstić information content (AvgIpc) is 2.27. The first kappa shape index (κ1) is 15.4. The van der Waals surface area contributed by atoms with Crippen LogP contribution in [0.3, 0.4) is 0 Å². The maximum atomic E-state index is 11.7. The lowest BCUT2D eigenvalue weighted by Crippen LogP contribution is -2.45. The number of nitrogens with one attached hydrogen (secondary N) is 1. The fraction of sp³-hybridized carbons (Fsp3) is 0.917. The second-order valence-electron chi connectivity index (χ2n) is 3.82. The molecule has 0 fully saturated rings. The third-order valence-corrected chi connectivity index (χ3v) is 2.45. The minimum absolute atomic E-state index is 0.154. The highest BCUT2D eigenvalue weighted by Gasteiger charge is 2.21. The van der Waals surface area contributed by atoms with Gasteiger partial charge in [0.25, 0.3) is 0 Å². The van der Waals surface area contributed by atoms with E-state index in [9.17, 15) is 4.79 Å². The van der Waals surface area contributed by atoms with Crippen LogP contribution in [0.4, 0.5) is 0 Å². The molecule has 0 aliphatic heterocycles. The second kappa shape index (κ2) is 9.60. The van der Waals surface area contributed by atoms with E-state index in [0.29, 0.717) is 13.2 Å². The van der Waals surface area contributed by atoms with Gasteiger partial charge in [-0.1, -0.05) is 20.3 Å². The van der Waals surface area contributed by atoms with Gasteiger partial charge in [-0.2, -0.15) is 0 Å². The van der Waals surface area contributed by atoms with Gasteiger partial charge in [0, 0.05) is 13.2 Å². The first-order valence-corrected chi connectivity index (χ1v) is 6.11. The zero-order chi connectivity index (χ0) is 12.4. The lowest BCUT2D eigenvalue weighted by Gasteiger charge is -2.22. The van der Waals surface area contributed by atoms with Crippen LogP contribution in [0, 0.1) is 0 Å². The standard InChI is InChI=1S/C12H25NO3/c1-5-8-11(12(14)16-7-3)13-10(6-2)9-15-4/h10-11,13H,5-9H2,1-4H3. The molecule has 0 aliphatic carbocycles. The number of hydrogen-bond acceptors (Lipinski definition) is 4. The molecule has 96 valence electrons. The highest BCUT2D eigenvalue weighted by molar-refractivity contribution is 5.75. The molecule has 0 saturated heterocycles. The summed E-state index contributed by atoms with van der Waals surface area (Å²) in [5.74, 6) is -0.154. The minimum atomic E-state index is -0.204. The van der Waals surface area contributed by atoms with Crippen LogP contribution in [0.25, 0.3) is 0 Å². The van der Waals surface area contributed by atoms with Crippen LogP contribution in [-0.2, 0) is 14.3 Å². The molecule has 2 atom stereocenters. The maximum Gasteiger partial charge on any atom is 0.323 e. The smallest absolute Gasteiger partial charge is 0.323 e. The zero-order valence-electron chi connectivity index (χ0n) is 10.9. The molecule has 0 bridgehead atoms. The van der Waals surface area contributed by atoms with Gasteiger partial charge in [-0.3, -0.25) is 10.1 Å². The van der Waals surface area contributed by atoms with Crippen LogP contribution in [0.1, 0.15) is 40.0 Å². The molecular formula is C12H25NO3. The van der Waals surface area contributed by atoms with Crippen LogP contribution >= 0.6 is 0 Å². The predicted molar refractivity (Wildman–Crippen MR) is 64.4 cm³/mol. The van der Waals surface area contributed by atoms with Crippen molar-refractivity contribution in [3.63, 3.8) is 0 Å². The second-order valence-corrected chi connectivity index (χ2v) is 3.82. The van der Waals surface area contributed by atoms with Crippen molar-refractivity contribution in [1.29, 1.82) is 0 Å². The molecule has 0 amide bonds. The Balaban J connectivity index is 4.23. The van der Waals surface area contributed by atoms with Gasteiger partial charge in [0.2, 0.25) is 0 Å². The normalized spacial score (nSPS) is 14.5. The first-order chi connectivity index (χ1) is 7.69. The van der Waals surface area contributed by atoms with Crippen molar-refractivity contribution in [2.45, 2.75) is 52.1 Å². The molecule has 4 heteroatoms. The van der Waals surface area contributed by atoms with Crippen LogP contribution in [0.15, 0.2) is 0 Å². The van der Waals surface area contributed by atoms with Crippen LogP contribution in [-0.4, -0.2) is 38.4 Å². The molecule has 0 aromatic carbocycles. The number of ether oxygens (including phenoxy) is 2. The van der Waals surface area contributed by atoms with Crippen LogP contribution < -0.4 is 5.32 Å². The summed E-state index contributed by atoms with van der Waals surface area (Å²) in [7, 11) is 1.67. The Morgan fingerprint density at radius 3 is 2.44 bits per heavy atom. The molecule has 4 nitrogen and oxygen atoms in total. The molecule has 0 heterocycles. The number of carbonyl (C=O) groups excluding carboxylic acids is 1. The maximum absolute atomic E-state index is 11.7. The monoisotopic (exact) mass is 231 g/mol. The fourth-order valence-electron chi connectivity index (χ4n) is 1.57. The predicted octanol–water partition coefficient (Wildman–Crippen LogP) is 1.73. The number of carbonyl (C=O) groups is 1. The van der Waals surface area contributed by atoms with Crippen molar-refractivity contribution in [1.82, 2.24) is 5.32 Å². The Labute approximate surface area is 98.7 Å². The van der Waals surface area contributed by atoms with Crippen molar-refractivity contribution in [2.75, 3.05) is 20.3 Å². The zero-order valence-corrected chi connectivity index (χ0v) is 10.9. The van der Waals surface area contributed by atoms with Gasteiger partial charge in [-0.15, -0.1) is 0 Å². The molecule has 16 heavy (non-hydrogen) atoms. The summed E-state index contributed by atoms with van der Waals surface area (Å²) in [6.45, 7) is 7.02. The Kier molecular flexibility index (Phi) is 9.24. The van der Waals surface area contributed by atoms with E-state index in [1.807, 2.05) is 6.92 Å². The van der Waals surface area contributed by atoms with E-state index in [2.05, 4.69) is 19.2 Å². The van der Waals surface area contributed by atoms with Gasteiger partial charge in [0.05, 0.1) is 13.2 Å². The van der Waals surface area contributed by atoms with Gasteiger partial charge < -0.3 is 9.47 Å². The molecule has 0 saturated carbocycles. The van der Waals surface area contributed by atoms with Gasteiger partial charge in [-0.05, 0) is 19.8 Å². The van der Waals surface area contributed by atoms with Gasteiger partial charge in [0.15, 0.2) is 0 Å². The summed E-state index contributed by atoms with van der Waals surface area (Å²) >= 11 is 0. The number of esters is 1. The molecule has 2 unspecified atom stereocenters. The van der Waals surface area contributed by atoms with Gasteiger partial charge in [-0.25, -0.2) is 0 Å². The van der Waals surface area contributed by atoms with E-state index in [-0.39, 0.29) is 18.1 Å². The molecule has 0 aromatic rings. The fourth-order valence-corrected chi connectivity index (χ4v) is 1.57. The summed E-state index contributed by atoms with van der Waals surface area (Å²) in [6, 6.07) is 0.0102. The van der Waals surface area contributed by atoms with Gasteiger partial charge >= 0.3 is 5.97 Å². The minimum Gasteiger partial charge on any atom is -0.465 e. The molecule has 0 spiro atoms. The highest BCUT2D eigenvalue weighted by atomic mass is 16.5.